The number of anilines is 2. The van der Waals surface area contributed by atoms with E-state index in [1.165, 1.54) is 17.2 Å². The van der Waals surface area contributed by atoms with Crippen LogP contribution in [0.5, 0.6) is 5.75 Å². The number of aldehydes is 1. The molecule has 2 fully saturated rings. The lowest BCUT2D eigenvalue weighted by Gasteiger charge is -2.31. The fraction of sp³-hybridized carbons (Fsp3) is 0.517. The number of fused-ring (bicyclic) bond motifs is 1. The number of urea groups is 1. The van der Waals surface area contributed by atoms with Gasteiger partial charge in [-0.25, -0.2) is 14.8 Å². The molecular formula is C29H34N6O7. The number of amides is 3. The van der Waals surface area contributed by atoms with E-state index in [1.54, 1.807) is 19.1 Å². The molecule has 0 bridgehead atoms. The first-order valence-electron chi connectivity index (χ1n) is 14.0. The van der Waals surface area contributed by atoms with E-state index in [0.717, 1.165) is 12.0 Å². The van der Waals surface area contributed by atoms with Gasteiger partial charge in [-0.15, -0.1) is 0 Å². The van der Waals surface area contributed by atoms with E-state index in [9.17, 15) is 19.6 Å². The van der Waals surface area contributed by atoms with Gasteiger partial charge in [0.25, 0.3) is 5.91 Å². The summed E-state index contributed by atoms with van der Waals surface area (Å²) in [4.78, 5) is 49.9. The van der Waals surface area contributed by atoms with Crippen molar-refractivity contribution in [2.24, 2.45) is 0 Å². The van der Waals surface area contributed by atoms with Crippen molar-refractivity contribution < 1.29 is 33.3 Å². The molecule has 3 aliphatic rings. The van der Waals surface area contributed by atoms with Gasteiger partial charge in [0, 0.05) is 58.5 Å². The van der Waals surface area contributed by atoms with Crippen LogP contribution in [0.2, 0.25) is 0 Å². The molecule has 0 radical (unpaired) electrons. The summed E-state index contributed by atoms with van der Waals surface area (Å²) < 4.78 is 22.6. The Balaban J connectivity index is 1.32. The summed E-state index contributed by atoms with van der Waals surface area (Å²) in [5.41, 5.74) is 1.78. The van der Waals surface area contributed by atoms with Crippen LogP contribution in [0.25, 0.3) is 0 Å². The molecule has 3 amide bonds. The van der Waals surface area contributed by atoms with Crippen LogP contribution in [0, 0.1) is 11.3 Å². The number of carbonyl (C=O) groups excluding carboxylic acids is 3. The highest BCUT2D eigenvalue weighted by atomic mass is 16.6. The van der Waals surface area contributed by atoms with E-state index in [2.05, 4.69) is 21.4 Å². The fourth-order valence-corrected chi connectivity index (χ4v) is 5.43. The van der Waals surface area contributed by atoms with Gasteiger partial charge in [-0.2, -0.15) is 5.26 Å². The van der Waals surface area contributed by atoms with Gasteiger partial charge >= 0.3 is 6.03 Å². The minimum absolute atomic E-state index is 0.130. The molecule has 3 atom stereocenters. The number of ether oxygens (including phenoxy) is 4. The lowest BCUT2D eigenvalue weighted by Crippen LogP contribution is -2.42. The standard InChI is InChI=1S/C29H34N6O7/c1-34(28(37)23-6-4-9-41-23)15-19-11-18-5-3-8-35(27(18)32-21(19)16-36)29(38)33-26-12-24(20(13-30)14-31-26)42-25-17-40-10-7-22(25)39-2/h11-12,14,16,22-23,25H,3-10,15,17H2,1-2H3,(H,31,33,38)/t22-,23+,25-/m0/s1. The van der Waals surface area contributed by atoms with Gasteiger partial charge in [-0.1, -0.05) is 0 Å². The number of carbonyl (C=O) groups is 3. The third-order valence-electron chi connectivity index (χ3n) is 7.67. The van der Waals surface area contributed by atoms with Gasteiger partial charge in [0.15, 0.2) is 6.29 Å². The Labute approximate surface area is 243 Å². The highest BCUT2D eigenvalue weighted by Gasteiger charge is 2.31. The van der Waals surface area contributed by atoms with Crippen LogP contribution in [0.15, 0.2) is 18.3 Å². The molecule has 2 aromatic heterocycles. The average Bonchev–Trinajstić information content (AvgIpc) is 3.55. The van der Waals surface area contributed by atoms with E-state index in [1.807, 2.05) is 6.07 Å². The third kappa shape index (κ3) is 6.35. The maximum atomic E-state index is 13.4. The quantitative estimate of drug-likeness (QED) is 0.462. The zero-order chi connectivity index (χ0) is 29.6. The van der Waals surface area contributed by atoms with Gasteiger partial charge in [0.05, 0.1) is 18.9 Å². The maximum absolute atomic E-state index is 13.4. The Bertz CT molecular complexity index is 1370. The summed E-state index contributed by atoms with van der Waals surface area (Å²) in [6, 6.07) is 4.91. The van der Waals surface area contributed by atoms with Crippen molar-refractivity contribution in [3.63, 3.8) is 0 Å². The second kappa shape index (κ2) is 13.2. The Morgan fingerprint density at radius 3 is 2.86 bits per heavy atom. The monoisotopic (exact) mass is 578 g/mol. The largest absolute Gasteiger partial charge is 0.484 e. The Kier molecular flexibility index (Phi) is 9.26. The van der Waals surface area contributed by atoms with E-state index in [4.69, 9.17) is 18.9 Å². The molecule has 0 spiro atoms. The van der Waals surface area contributed by atoms with Gasteiger partial charge in [-0.05, 0) is 37.3 Å². The van der Waals surface area contributed by atoms with Crippen molar-refractivity contribution in [2.45, 2.75) is 57.0 Å². The molecule has 13 heteroatoms. The predicted molar refractivity (Wildman–Crippen MR) is 149 cm³/mol. The molecule has 2 saturated heterocycles. The Morgan fingerprint density at radius 2 is 2.12 bits per heavy atom. The van der Waals surface area contributed by atoms with Crippen LogP contribution in [0.4, 0.5) is 16.4 Å². The molecule has 3 aliphatic heterocycles. The first-order valence-corrected chi connectivity index (χ1v) is 14.0. The van der Waals surface area contributed by atoms with Gasteiger partial charge in [0.2, 0.25) is 0 Å². The van der Waals surface area contributed by atoms with Crippen LogP contribution in [0.3, 0.4) is 0 Å². The van der Waals surface area contributed by atoms with Crippen molar-refractivity contribution >= 4 is 29.9 Å². The predicted octanol–water partition coefficient (Wildman–Crippen LogP) is 2.47. The summed E-state index contributed by atoms with van der Waals surface area (Å²) in [5.74, 6) is 0.695. The summed E-state index contributed by atoms with van der Waals surface area (Å²) in [6.07, 6.45) is 4.43. The number of nitrogens with one attached hydrogen (secondary N) is 1. The molecule has 2 aromatic rings. The first kappa shape index (κ1) is 29.4. The normalized spacial score (nSPS) is 21.6. The van der Waals surface area contributed by atoms with Crippen LogP contribution in [-0.2, 0) is 32.0 Å². The van der Waals surface area contributed by atoms with E-state index in [-0.39, 0.29) is 41.4 Å². The van der Waals surface area contributed by atoms with E-state index in [0.29, 0.717) is 69.7 Å². The second-order valence-corrected chi connectivity index (χ2v) is 10.5. The van der Waals surface area contributed by atoms with Crippen molar-refractivity contribution in [2.75, 3.05) is 50.7 Å². The van der Waals surface area contributed by atoms with Gasteiger partial charge in [0.1, 0.15) is 46.9 Å². The van der Waals surface area contributed by atoms with Crippen molar-refractivity contribution in [3.05, 3.63) is 40.7 Å². The summed E-state index contributed by atoms with van der Waals surface area (Å²) >= 11 is 0. The number of methoxy groups -OCH3 is 1. The number of aromatic nitrogens is 2. The number of likely N-dealkylation sites (N-methyl/N-ethyl adjacent to an activating group) is 1. The number of nitriles is 1. The van der Waals surface area contributed by atoms with Crippen LogP contribution in [-0.4, -0.2) is 91.9 Å². The van der Waals surface area contributed by atoms with Crippen LogP contribution in [0.1, 0.15) is 52.9 Å². The highest BCUT2D eigenvalue weighted by molar-refractivity contribution is 6.01. The number of hydrogen-bond acceptors (Lipinski definition) is 10. The van der Waals surface area contributed by atoms with E-state index >= 15 is 0 Å². The molecule has 222 valence electrons. The maximum Gasteiger partial charge on any atom is 0.328 e. The number of nitrogens with zero attached hydrogens (tertiary/aromatic N) is 5. The molecule has 0 aliphatic carbocycles. The van der Waals surface area contributed by atoms with Crippen LogP contribution >= 0.6 is 0 Å². The molecule has 1 N–H and O–H groups in total. The second-order valence-electron chi connectivity index (χ2n) is 10.5. The van der Waals surface area contributed by atoms with E-state index < -0.39 is 18.2 Å². The molecule has 13 nitrogen and oxygen atoms in total. The van der Waals surface area contributed by atoms with Crippen LogP contribution < -0.4 is 15.0 Å². The minimum atomic E-state index is -0.488. The van der Waals surface area contributed by atoms with Crippen molar-refractivity contribution in [1.29, 1.82) is 5.26 Å². The lowest BCUT2D eigenvalue weighted by atomic mass is 10.0. The average molecular weight is 579 g/mol. The molecule has 42 heavy (non-hydrogen) atoms. The van der Waals surface area contributed by atoms with Gasteiger partial charge in [-0.3, -0.25) is 19.8 Å². The Morgan fingerprint density at radius 1 is 1.26 bits per heavy atom. The molecule has 5 heterocycles. The number of hydrogen-bond donors (Lipinski definition) is 1. The summed E-state index contributed by atoms with van der Waals surface area (Å²) in [7, 11) is 3.28. The zero-order valence-corrected chi connectivity index (χ0v) is 23.7. The minimum Gasteiger partial charge on any atom is -0.484 e. The molecule has 0 aromatic carbocycles. The van der Waals surface area contributed by atoms with Crippen molar-refractivity contribution in [1.82, 2.24) is 14.9 Å². The summed E-state index contributed by atoms with van der Waals surface area (Å²) in [6.45, 7) is 2.02. The first-order chi connectivity index (χ1) is 20.4. The highest BCUT2D eigenvalue weighted by Crippen LogP contribution is 2.30. The zero-order valence-electron chi connectivity index (χ0n) is 23.7. The smallest absolute Gasteiger partial charge is 0.328 e. The number of pyridine rings is 2. The topological polar surface area (TPSA) is 156 Å². The molecule has 0 unspecified atom stereocenters. The fourth-order valence-electron chi connectivity index (χ4n) is 5.43. The van der Waals surface area contributed by atoms with Crippen molar-refractivity contribution in [3.8, 4) is 11.8 Å². The molecule has 5 rings (SSSR count). The lowest BCUT2D eigenvalue weighted by molar-refractivity contribution is -0.140. The Hall–Kier alpha value is -4.12. The third-order valence-corrected chi connectivity index (χ3v) is 7.67. The van der Waals surface area contributed by atoms with Gasteiger partial charge < -0.3 is 23.8 Å². The number of rotatable bonds is 8. The molecular weight excluding hydrogens is 544 g/mol. The summed E-state index contributed by atoms with van der Waals surface area (Å²) in [5, 5.41) is 12.3. The SMILES string of the molecule is CO[C@H]1CCOC[C@@H]1Oc1cc(NC(=O)N2CCCc3cc(CN(C)C(=O)[C@H]4CCCO4)c(C=O)nc32)ncc1C#N. The number of aryl methyl sites for hydroxylation is 1. The molecule has 0 saturated carbocycles.